The van der Waals surface area contributed by atoms with Crippen molar-refractivity contribution in [3.05, 3.63) is 42.2 Å². The van der Waals surface area contributed by atoms with Crippen molar-refractivity contribution in [1.29, 1.82) is 0 Å². The number of hydrogen-bond donors (Lipinski definition) is 1. The summed E-state index contributed by atoms with van der Waals surface area (Å²) in [6, 6.07) is 10.1. The molecule has 0 spiro atoms. The van der Waals surface area contributed by atoms with Crippen LogP contribution in [0, 0.1) is 0 Å². The Morgan fingerprint density at radius 2 is 1.82 bits per heavy atom. The van der Waals surface area contributed by atoms with E-state index in [0.29, 0.717) is 25.0 Å². The average Bonchev–Trinajstić information content (AvgIpc) is 2.79. The van der Waals surface area contributed by atoms with Crippen molar-refractivity contribution < 1.29 is 4.74 Å². The lowest BCUT2D eigenvalue weighted by molar-refractivity contribution is 0.122. The van der Waals surface area contributed by atoms with Crippen LogP contribution in [0.15, 0.2) is 36.5 Å². The lowest BCUT2D eigenvalue weighted by atomic mass is 9.94. The molecular formula is C21H24N6O. The summed E-state index contributed by atoms with van der Waals surface area (Å²) in [6.07, 6.45) is 4.04. The summed E-state index contributed by atoms with van der Waals surface area (Å²) in [5.41, 5.74) is 3.66. The fourth-order valence-corrected chi connectivity index (χ4v) is 3.98. The zero-order valence-corrected chi connectivity index (χ0v) is 15.8. The minimum absolute atomic E-state index is 0.502. The molecule has 3 aromatic heterocycles. The average molecular weight is 376 g/mol. The molecule has 2 saturated heterocycles. The first kappa shape index (κ1) is 17.5. The van der Waals surface area contributed by atoms with E-state index in [1.807, 2.05) is 18.2 Å². The number of fused-ring (bicyclic) bond motifs is 1. The third-order valence-corrected chi connectivity index (χ3v) is 5.50. The summed E-state index contributed by atoms with van der Waals surface area (Å²) in [5.74, 6) is 2.04. The summed E-state index contributed by atoms with van der Waals surface area (Å²) in [7, 11) is 0. The minimum atomic E-state index is 0.502. The molecule has 0 unspecified atom stereocenters. The number of morpholine rings is 1. The maximum absolute atomic E-state index is 5.51. The van der Waals surface area contributed by atoms with Gasteiger partial charge in [0.05, 0.1) is 18.7 Å². The number of nitrogens with one attached hydrogen (secondary N) is 1. The van der Waals surface area contributed by atoms with Crippen LogP contribution < -0.4 is 10.2 Å². The highest BCUT2D eigenvalue weighted by Crippen LogP contribution is 2.28. The first-order valence-corrected chi connectivity index (χ1v) is 10.0. The standard InChI is InChI=1S/C21H24N6O/c1-3-16(15-6-9-22-10-7-15)24-18(4-1)20-25-17-5-2-8-23-19(17)21(26-20)27-11-13-28-14-12-27/h1-5,8,15,22H,6-7,9-14H2. The Hall–Kier alpha value is -2.64. The highest BCUT2D eigenvalue weighted by molar-refractivity contribution is 5.87. The molecule has 0 bridgehead atoms. The molecule has 5 heterocycles. The van der Waals surface area contributed by atoms with Crippen molar-refractivity contribution >= 4 is 16.9 Å². The van der Waals surface area contributed by atoms with Crippen LogP contribution in [0.25, 0.3) is 22.6 Å². The van der Waals surface area contributed by atoms with E-state index in [4.69, 9.17) is 19.7 Å². The first-order chi connectivity index (χ1) is 13.9. The molecule has 0 saturated carbocycles. The fraction of sp³-hybridized carbons (Fsp3) is 0.429. The molecule has 7 heteroatoms. The monoisotopic (exact) mass is 376 g/mol. The van der Waals surface area contributed by atoms with Gasteiger partial charge in [0.1, 0.15) is 11.2 Å². The Balaban J connectivity index is 1.57. The van der Waals surface area contributed by atoms with Gasteiger partial charge in [-0.15, -0.1) is 0 Å². The van der Waals surface area contributed by atoms with E-state index in [0.717, 1.165) is 67.3 Å². The Morgan fingerprint density at radius 3 is 2.68 bits per heavy atom. The van der Waals surface area contributed by atoms with Gasteiger partial charge in [-0.25, -0.2) is 15.0 Å². The predicted octanol–water partition coefficient (Wildman–Crippen LogP) is 2.39. The number of anilines is 1. The molecule has 5 rings (SSSR count). The number of piperidine rings is 1. The lowest BCUT2D eigenvalue weighted by Crippen LogP contribution is -2.37. The van der Waals surface area contributed by atoms with E-state index in [1.165, 1.54) is 0 Å². The summed E-state index contributed by atoms with van der Waals surface area (Å²) in [6.45, 7) is 5.13. The maximum Gasteiger partial charge on any atom is 0.180 e. The molecule has 0 aromatic carbocycles. The van der Waals surface area contributed by atoms with Gasteiger partial charge in [-0.2, -0.15) is 0 Å². The Kier molecular flexibility index (Phi) is 4.85. The Labute approximate surface area is 164 Å². The van der Waals surface area contributed by atoms with Gasteiger partial charge in [-0.1, -0.05) is 6.07 Å². The minimum Gasteiger partial charge on any atom is -0.378 e. The van der Waals surface area contributed by atoms with Crippen molar-refractivity contribution in [2.24, 2.45) is 0 Å². The van der Waals surface area contributed by atoms with Gasteiger partial charge in [0.15, 0.2) is 11.6 Å². The van der Waals surface area contributed by atoms with Gasteiger partial charge in [0.2, 0.25) is 0 Å². The maximum atomic E-state index is 5.51. The lowest BCUT2D eigenvalue weighted by Gasteiger charge is -2.28. The molecule has 0 atom stereocenters. The highest BCUT2D eigenvalue weighted by Gasteiger charge is 2.21. The molecule has 0 amide bonds. The summed E-state index contributed by atoms with van der Waals surface area (Å²) < 4.78 is 5.51. The third-order valence-electron chi connectivity index (χ3n) is 5.50. The van der Waals surface area contributed by atoms with Crippen LogP contribution in [0.4, 0.5) is 5.82 Å². The fourth-order valence-electron chi connectivity index (χ4n) is 3.98. The number of hydrogen-bond acceptors (Lipinski definition) is 7. The Bertz CT molecular complexity index is 966. The second-order valence-corrected chi connectivity index (χ2v) is 7.31. The van der Waals surface area contributed by atoms with Crippen LogP contribution >= 0.6 is 0 Å². The van der Waals surface area contributed by atoms with Gasteiger partial charge in [-0.05, 0) is 50.2 Å². The normalized spacial score (nSPS) is 18.5. The predicted molar refractivity (Wildman–Crippen MR) is 108 cm³/mol. The van der Waals surface area contributed by atoms with E-state index in [2.05, 4.69) is 27.3 Å². The largest absolute Gasteiger partial charge is 0.378 e. The number of aromatic nitrogens is 4. The van der Waals surface area contributed by atoms with Gasteiger partial charge in [0, 0.05) is 30.9 Å². The smallest absolute Gasteiger partial charge is 0.180 e. The molecule has 1 N–H and O–H groups in total. The van der Waals surface area contributed by atoms with Gasteiger partial charge in [-0.3, -0.25) is 4.98 Å². The van der Waals surface area contributed by atoms with Crippen molar-refractivity contribution in [3.63, 3.8) is 0 Å². The molecule has 28 heavy (non-hydrogen) atoms. The third kappa shape index (κ3) is 3.43. The molecule has 7 nitrogen and oxygen atoms in total. The number of nitrogens with zero attached hydrogens (tertiary/aromatic N) is 5. The van der Waals surface area contributed by atoms with E-state index in [1.54, 1.807) is 6.20 Å². The van der Waals surface area contributed by atoms with Gasteiger partial charge < -0.3 is 15.0 Å². The van der Waals surface area contributed by atoms with E-state index in [-0.39, 0.29) is 0 Å². The number of ether oxygens (including phenoxy) is 1. The van der Waals surface area contributed by atoms with E-state index < -0.39 is 0 Å². The van der Waals surface area contributed by atoms with Crippen molar-refractivity contribution in [2.45, 2.75) is 18.8 Å². The Morgan fingerprint density at radius 1 is 0.964 bits per heavy atom. The molecule has 0 radical (unpaired) electrons. The topological polar surface area (TPSA) is 76.1 Å². The molecule has 0 aliphatic carbocycles. The van der Waals surface area contributed by atoms with E-state index >= 15 is 0 Å². The zero-order valence-electron chi connectivity index (χ0n) is 15.8. The number of rotatable bonds is 3. The summed E-state index contributed by atoms with van der Waals surface area (Å²) in [5, 5.41) is 3.42. The SMILES string of the molecule is c1cc(-c2nc(N3CCOCC3)c3ncccc3n2)nc(C2CCNCC2)c1. The first-order valence-electron chi connectivity index (χ1n) is 10.0. The van der Waals surface area contributed by atoms with E-state index in [9.17, 15) is 0 Å². The molecule has 144 valence electrons. The van der Waals surface area contributed by atoms with Crippen LogP contribution in [0.3, 0.4) is 0 Å². The number of pyridine rings is 2. The van der Waals surface area contributed by atoms with Crippen molar-refractivity contribution in [1.82, 2.24) is 25.3 Å². The van der Waals surface area contributed by atoms with Crippen LogP contribution in [-0.4, -0.2) is 59.3 Å². The highest BCUT2D eigenvalue weighted by atomic mass is 16.5. The summed E-state index contributed by atoms with van der Waals surface area (Å²) >= 11 is 0. The van der Waals surface area contributed by atoms with Crippen LogP contribution in [-0.2, 0) is 4.74 Å². The summed E-state index contributed by atoms with van der Waals surface area (Å²) in [4.78, 5) is 21.4. The van der Waals surface area contributed by atoms with Crippen molar-refractivity contribution in [3.8, 4) is 11.5 Å². The molecule has 3 aromatic rings. The van der Waals surface area contributed by atoms with Crippen LogP contribution in [0.5, 0.6) is 0 Å². The molecule has 2 fully saturated rings. The molecule has 2 aliphatic heterocycles. The van der Waals surface area contributed by atoms with Crippen LogP contribution in [0.1, 0.15) is 24.5 Å². The van der Waals surface area contributed by atoms with Gasteiger partial charge in [0.25, 0.3) is 0 Å². The van der Waals surface area contributed by atoms with Gasteiger partial charge >= 0.3 is 0 Å². The van der Waals surface area contributed by atoms with Crippen molar-refractivity contribution in [2.75, 3.05) is 44.3 Å². The second kappa shape index (κ2) is 7.77. The molecule has 2 aliphatic rings. The molecular weight excluding hydrogens is 352 g/mol. The second-order valence-electron chi connectivity index (χ2n) is 7.31. The zero-order chi connectivity index (χ0) is 18.8. The van der Waals surface area contributed by atoms with Crippen LogP contribution in [0.2, 0.25) is 0 Å². The quantitative estimate of drug-likeness (QED) is 0.752.